The molecule has 0 aromatic heterocycles. The van der Waals surface area contributed by atoms with Gasteiger partial charge in [0.1, 0.15) is 11.8 Å². The van der Waals surface area contributed by atoms with Gasteiger partial charge in [0, 0.05) is 6.54 Å². The molecule has 1 unspecified atom stereocenters. The van der Waals surface area contributed by atoms with Crippen LogP contribution in [0.4, 0.5) is 0 Å². The van der Waals surface area contributed by atoms with Gasteiger partial charge in [0.25, 0.3) is 0 Å². The fraction of sp³-hybridized carbons (Fsp3) is 0.833. The summed E-state index contributed by atoms with van der Waals surface area (Å²) in [5.74, 6) is -2.21. The number of carboxylic acids is 1. The van der Waals surface area contributed by atoms with Crippen molar-refractivity contribution in [1.29, 1.82) is 0 Å². The quantitative estimate of drug-likeness (QED) is 0.696. The second-order valence-corrected chi connectivity index (χ2v) is 7.07. The van der Waals surface area contributed by atoms with Crippen LogP contribution in [0.2, 0.25) is 0 Å². The predicted octanol–water partition coefficient (Wildman–Crippen LogP) is 0.667. The lowest BCUT2D eigenvalue weighted by atomic mass is 10.2. The summed E-state index contributed by atoms with van der Waals surface area (Å²) in [6.45, 7) is 2.31. The van der Waals surface area contributed by atoms with Crippen LogP contribution in [0.5, 0.6) is 0 Å². The summed E-state index contributed by atoms with van der Waals surface area (Å²) in [5.41, 5.74) is 0. The van der Waals surface area contributed by atoms with Crippen molar-refractivity contribution >= 4 is 21.7 Å². The van der Waals surface area contributed by atoms with Gasteiger partial charge in [0.05, 0.1) is 5.75 Å². The standard InChI is InChI=1S/C12H21NO5S/c1-2-3-4-8-19(17,18)9-11(14)13-7-5-6-10(13)12(15)16/h10H,2-9H2,1H3,(H,15,16). The van der Waals surface area contributed by atoms with Crippen LogP contribution in [0, 0.1) is 0 Å². The summed E-state index contributed by atoms with van der Waals surface area (Å²) in [4.78, 5) is 24.0. The normalized spacial score (nSPS) is 19.6. The maximum atomic E-state index is 11.9. The molecule has 1 saturated heterocycles. The average Bonchev–Trinajstić information content (AvgIpc) is 2.77. The number of carbonyl (C=O) groups is 2. The van der Waals surface area contributed by atoms with E-state index >= 15 is 0 Å². The van der Waals surface area contributed by atoms with E-state index in [0.29, 0.717) is 25.8 Å². The number of hydrogen-bond acceptors (Lipinski definition) is 4. The topological polar surface area (TPSA) is 91.8 Å². The molecule has 0 spiro atoms. The number of aliphatic carboxylic acids is 1. The van der Waals surface area contributed by atoms with Gasteiger partial charge in [0.2, 0.25) is 5.91 Å². The minimum atomic E-state index is -3.42. The molecular weight excluding hydrogens is 270 g/mol. The molecule has 0 aromatic carbocycles. The Kier molecular flexibility index (Phi) is 5.78. The van der Waals surface area contributed by atoms with Crippen molar-refractivity contribution in [2.75, 3.05) is 18.1 Å². The van der Waals surface area contributed by atoms with E-state index in [1.54, 1.807) is 0 Å². The molecule has 110 valence electrons. The number of nitrogens with zero attached hydrogens (tertiary/aromatic N) is 1. The van der Waals surface area contributed by atoms with Crippen molar-refractivity contribution in [3.05, 3.63) is 0 Å². The lowest BCUT2D eigenvalue weighted by molar-refractivity contribution is -0.147. The molecule has 0 radical (unpaired) electrons. The first-order valence-corrected chi connectivity index (χ1v) is 8.42. The van der Waals surface area contributed by atoms with Crippen LogP contribution in [0.1, 0.15) is 39.0 Å². The summed E-state index contributed by atoms with van der Waals surface area (Å²) in [6.07, 6.45) is 3.29. The van der Waals surface area contributed by atoms with Gasteiger partial charge in [-0.3, -0.25) is 4.79 Å². The maximum Gasteiger partial charge on any atom is 0.326 e. The maximum absolute atomic E-state index is 11.9. The van der Waals surface area contributed by atoms with Crippen LogP contribution in [-0.2, 0) is 19.4 Å². The fourth-order valence-corrected chi connectivity index (χ4v) is 3.57. The third-order valence-electron chi connectivity index (χ3n) is 3.26. The summed E-state index contributed by atoms with van der Waals surface area (Å²) in [6, 6.07) is -0.863. The summed E-state index contributed by atoms with van der Waals surface area (Å²) < 4.78 is 23.5. The van der Waals surface area contributed by atoms with E-state index in [-0.39, 0.29) is 5.75 Å². The number of hydrogen-bond donors (Lipinski definition) is 1. The third-order valence-corrected chi connectivity index (χ3v) is 4.86. The van der Waals surface area contributed by atoms with Crippen LogP contribution in [0.25, 0.3) is 0 Å². The Morgan fingerprint density at radius 2 is 2.00 bits per heavy atom. The molecule has 0 bridgehead atoms. The zero-order valence-corrected chi connectivity index (χ0v) is 12.0. The molecule has 1 aliphatic heterocycles. The van der Waals surface area contributed by atoms with Gasteiger partial charge in [-0.25, -0.2) is 13.2 Å². The highest BCUT2D eigenvalue weighted by Crippen LogP contribution is 2.18. The molecular formula is C12H21NO5S. The fourth-order valence-electron chi connectivity index (χ4n) is 2.24. The lowest BCUT2D eigenvalue weighted by Crippen LogP contribution is -2.43. The first kappa shape index (κ1) is 15.9. The Hall–Kier alpha value is -1.11. The molecule has 7 heteroatoms. The number of rotatable bonds is 7. The van der Waals surface area contributed by atoms with Crippen LogP contribution in [-0.4, -0.2) is 54.4 Å². The first-order chi connectivity index (χ1) is 8.87. The van der Waals surface area contributed by atoms with E-state index in [4.69, 9.17) is 5.11 Å². The van der Waals surface area contributed by atoms with E-state index < -0.39 is 33.5 Å². The number of likely N-dealkylation sites (tertiary alicyclic amines) is 1. The van der Waals surface area contributed by atoms with Crippen LogP contribution >= 0.6 is 0 Å². The molecule has 1 atom stereocenters. The highest BCUT2D eigenvalue weighted by molar-refractivity contribution is 7.92. The van der Waals surface area contributed by atoms with E-state index in [9.17, 15) is 18.0 Å². The minimum absolute atomic E-state index is 0.00183. The van der Waals surface area contributed by atoms with Gasteiger partial charge in [-0.05, 0) is 19.3 Å². The van der Waals surface area contributed by atoms with Crippen molar-refractivity contribution in [3.63, 3.8) is 0 Å². The number of unbranched alkanes of at least 4 members (excludes halogenated alkanes) is 2. The van der Waals surface area contributed by atoms with E-state index in [0.717, 1.165) is 12.8 Å². The molecule has 1 rings (SSSR count). The summed E-state index contributed by atoms with van der Waals surface area (Å²) >= 11 is 0. The molecule has 1 fully saturated rings. The SMILES string of the molecule is CCCCCS(=O)(=O)CC(=O)N1CCCC1C(=O)O. The number of sulfone groups is 1. The Balaban J connectivity index is 2.56. The molecule has 0 saturated carbocycles. The molecule has 19 heavy (non-hydrogen) atoms. The van der Waals surface area contributed by atoms with Gasteiger partial charge in [-0.1, -0.05) is 19.8 Å². The largest absolute Gasteiger partial charge is 0.480 e. The van der Waals surface area contributed by atoms with Crippen molar-refractivity contribution in [1.82, 2.24) is 4.90 Å². The second kappa shape index (κ2) is 6.88. The van der Waals surface area contributed by atoms with E-state index in [1.807, 2.05) is 6.92 Å². The van der Waals surface area contributed by atoms with Crippen molar-refractivity contribution in [3.8, 4) is 0 Å². The molecule has 1 amide bonds. The lowest BCUT2D eigenvalue weighted by Gasteiger charge is -2.21. The first-order valence-electron chi connectivity index (χ1n) is 6.60. The second-order valence-electron chi connectivity index (χ2n) is 4.88. The smallest absolute Gasteiger partial charge is 0.326 e. The Morgan fingerprint density at radius 1 is 1.32 bits per heavy atom. The van der Waals surface area contributed by atoms with Crippen molar-refractivity contribution in [2.45, 2.75) is 45.1 Å². The molecule has 1 aliphatic rings. The zero-order chi connectivity index (χ0) is 14.5. The predicted molar refractivity (Wildman–Crippen MR) is 70.5 cm³/mol. The van der Waals surface area contributed by atoms with Crippen molar-refractivity contribution < 1.29 is 23.1 Å². The number of carbonyl (C=O) groups excluding carboxylic acids is 1. The number of amides is 1. The van der Waals surface area contributed by atoms with Gasteiger partial charge in [-0.2, -0.15) is 0 Å². The van der Waals surface area contributed by atoms with E-state index in [2.05, 4.69) is 0 Å². The molecule has 0 aromatic rings. The summed E-state index contributed by atoms with van der Waals surface area (Å²) in [7, 11) is -3.42. The van der Waals surface area contributed by atoms with Crippen LogP contribution in [0.15, 0.2) is 0 Å². The summed E-state index contributed by atoms with van der Waals surface area (Å²) in [5, 5.41) is 8.96. The van der Waals surface area contributed by atoms with Crippen molar-refractivity contribution in [2.24, 2.45) is 0 Å². The minimum Gasteiger partial charge on any atom is -0.480 e. The zero-order valence-electron chi connectivity index (χ0n) is 11.2. The number of carboxylic acid groups (broad SMARTS) is 1. The highest BCUT2D eigenvalue weighted by Gasteiger charge is 2.35. The molecule has 0 aliphatic carbocycles. The Labute approximate surface area is 113 Å². The molecule has 1 heterocycles. The Morgan fingerprint density at radius 3 is 2.58 bits per heavy atom. The molecule has 1 N–H and O–H groups in total. The monoisotopic (exact) mass is 291 g/mol. The van der Waals surface area contributed by atoms with Gasteiger partial charge in [0.15, 0.2) is 9.84 Å². The van der Waals surface area contributed by atoms with E-state index in [1.165, 1.54) is 4.90 Å². The molecule has 6 nitrogen and oxygen atoms in total. The van der Waals surface area contributed by atoms with Gasteiger partial charge >= 0.3 is 5.97 Å². The average molecular weight is 291 g/mol. The highest BCUT2D eigenvalue weighted by atomic mass is 32.2. The Bertz CT molecular complexity index is 431. The third kappa shape index (κ3) is 4.81. The van der Waals surface area contributed by atoms with Gasteiger partial charge < -0.3 is 10.0 Å². The van der Waals surface area contributed by atoms with Gasteiger partial charge in [-0.15, -0.1) is 0 Å². The van der Waals surface area contributed by atoms with Crippen LogP contribution in [0.3, 0.4) is 0 Å². The van der Waals surface area contributed by atoms with Crippen LogP contribution < -0.4 is 0 Å².